The van der Waals surface area contributed by atoms with Crippen LogP contribution < -0.4 is 5.32 Å². The van der Waals surface area contributed by atoms with E-state index in [1.54, 1.807) is 45.1 Å². The van der Waals surface area contributed by atoms with Gasteiger partial charge < -0.3 is 14.9 Å². The maximum Gasteiger partial charge on any atom is 0.331 e. The molecule has 0 aromatic heterocycles. The minimum absolute atomic E-state index is 0.121. The molecule has 1 saturated heterocycles. The Bertz CT molecular complexity index is 870. The SMILES string of the molecule is CC(=CC(C)C(=O)C=CCC1CC(=O)NC(=O)C1)C1OC(=O)C=CCCC=CC(O)C(O)C1C. The lowest BCUT2D eigenvalue weighted by molar-refractivity contribution is -0.146. The predicted octanol–water partition coefficient (Wildman–Crippen LogP) is 2.31. The zero-order chi connectivity index (χ0) is 25.3. The molecule has 2 rings (SSSR count). The molecule has 0 saturated carbocycles. The highest BCUT2D eigenvalue weighted by atomic mass is 16.5. The molecule has 2 heterocycles. The molecule has 5 atom stereocenters. The quantitative estimate of drug-likeness (QED) is 0.234. The molecule has 2 aliphatic rings. The number of carbonyl (C=O) groups excluding carboxylic acids is 4. The Kier molecular flexibility index (Phi) is 10.6. The number of imide groups is 1. The number of aliphatic hydroxyl groups is 2. The maximum absolute atomic E-state index is 12.6. The number of cyclic esters (lactones) is 1. The van der Waals surface area contributed by atoms with Gasteiger partial charge in [-0.3, -0.25) is 19.7 Å². The van der Waals surface area contributed by atoms with Crippen LogP contribution >= 0.6 is 0 Å². The number of ether oxygens (including phenoxy) is 1. The molecule has 0 aromatic carbocycles. The molecule has 186 valence electrons. The molecular weight excluding hydrogens is 438 g/mol. The van der Waals surface area contributed by atoms with Crippen molar-refractivity contribution < 1.29 is 34.1 Å². The summed E-state index contributed by atoms with van der Waals surface area (Å²) in [6.45, 7) is 5.11. The molecule has 2 aliphatic heterocycles. The van der Waals surface area contributed by atoms with E-state index in [1.807, 2.05) is 0 Å². The van der Waals surface area contributed by atoms with Crippen LogP contribution in [0.15, 0.2) is 48.1 Å². The second-order valence-electron chi connectivity index (χ2n) is 9.09. The molecule has 8 nitrogen and oxygen atoms in total. The molecule has 1 fully saturated rings. The van der Waals surface area contributed by atoms with Crippen LogP contribution in [0.25, 0.3) is 0 Å². The summed E-state index contributed by atoms with van der Waals surface area (Å²) in [6, 6.07) is 0. The van der Waals surface area contributed by atoms with Crippen molar-refractivity contribution in [3.8, 4) is 0 Å². The first-order valence-electron chi connectivity index (χ1n) is 11.7. The molecule has 0 aromatic rings. The number of amides is 2. The monoisotopic (exact) mass is 473 g/mol. The molecule has 8 heteroatoms. The average Bonchev–Trinajstić information content (AvgIpc) is 2.77. The van der Waals surface area contributed by atoms with E-state index in [-0.39, 0.29) is 36.4 Å². The minimum Gasteiger partial charge on any atom is -0.454 e. The van der Waals surface area contributed by atoms with Gasteiger partial charge in [-0.05, 0) is 43.8 Å². The van der Waals surface area contributed by atoms with E-state index in [1.165, 1.54) is 18.2 Å². The normalized spacial score (nSPS) is 28.7. The summed E-state index contributed by atoms with van der Waals surface area (Å²) in [4.78, 5) is 47.8. The number of allylic oxidation sites excluding steroid dienone is 5. The minimum atomic E-state index is -1.16. The predicted molar refractivity (Wildman–Crippen MR) is 126 cm³/mol. The van der Waals surface area contributed by atoms with E-state index in [4.69, 9.17) is 4.74 Å². The van der Waals surface area contributed by atoms with Crippen LogP contribution in [-0.4, -0.2) is 52.1 Å². The Morgan fingerprint density at radius 2 is 1.82 bits per heavy atom. The fourth-order valence-corrected chi connectivity index (χ4v) is 4.11. The largest absolute Gasteiger partial charge is 0.454 e. The van der Waals surface area contributed by atoms with Gasteiger partial charge in [0.25, 0.3) is 0 Å². The molecule has 0 bridgehead atoms. The van der Waals surface area contributed by atoms with Gasteiger partial charge in [-0.15, -0.1) is 0 Å². The lowest BCUT2D eigenvalue weighted by atomic mass is 9.87. The Morgan fingerprint density at radius 3 is 2.50 bits per heavy atom. The van der Waals surface area contributed by atoms with Crippen molar-refractivity contribution in [3.05, 3.63) is 48.1 Å². The van der Waals surface area contributed by atoms with Crippen molar-refractivity contribution in [2.75, 3.05) is 0 Å². The second kappa shape index (κ2) is 13.2. The van der Waals surface area contributed by atoms with Crippen LogP contribution in [-0.2, 0) is 23.9 Å². The number of aliphatic hydroxyl groups excluding tert-OH is 2. The van der Waals surface area contributed by atoms with Gasteiger partial charge in [-0.1, -0.05) is 44.2 Å². The first kappa shape index (κ1) is 27.4. The third-order valence-corrected chi connectivity index (χ3v) is 6.09. The molecule has 34 heavy (non-hydrogen) atoms. The van der Waals surface area contributed by atoms with Crippen molar-refractivity contribution >= 4 is 23.6 Å². The maximum atomic E-state index is 12.6. The number of rotatable bonds is 6. The van der Waals surface area contributed by atoms with Crippen molar-refractivity contribution in [1.82, 2.24) is 5.32 Å². The number of piperidine rings is 1. The van der Waals surface area contributed by atoms with Gasteiger partial charge in [-0.2, -0.15) is 0 Å². The molecule has 5 unspecified atom stereocenters. The highest BCUT2D eigenvalue weighted by molar-refractivity contribution is 5.97. The fourth-order valence-electron chi connectivity index (χ4n) is 4.11. The Labute approximate surface area is 200 Å². The van der Waals surface area contributed by atoms with E-state index in [2.05, 4.69) is 5.32 Å². The summed E-state index contributed by atoms with van der Waals surface area (Å²) in [7, 11) is 0. The van der Waals surface area contributed by atoms with Gasteiger partial charge >= 0.3 is 5.97 Å². The van der Waals surface area contributed by atoms with Gasteiger partial charge in [0.05, 0.1) is 12.2 Å². The average molecular weight is 474 g/mol. The van der Waals surface area contributed by atoms with E-state index in [0.717, 1.165) is 0 Å². The highest BCUT2D eigenvalue weighted by Crippen LogP contribution is 2.25. The van der Waals surface area contributed by atoms with Crippen LogP contribution in [0.4, 0.5) is 0 Å². The van der Waals surface area contributed by atoms with Crippen molar-refractivity contribution in [1.29, 1.82) is 0 Å². The number of carbonyl (C=O) groups is 4. The van der Waals surface area contributed by atoms with Crippen molar-refractivity contribution in [2.45, 2.75) is 71.2 Å². The first-order chi connectivity index (χ1) is 16.1. The Morgan fingerprint density at radius 1 is 1.18 bits per heavy atom. The van der Waals surface area contributed by atoms with Gasteiger partial charge in [0.2, 0.25) is 11.8 Å². The second-order valence-corrected chi connectivity index (χ2v) is 9.09. The topological polar surface area (TPSA) is 130 Å². The number of nitrogens with one attached hydrogen (secondary N) is 1. The van der Waals surface area contributed by atoms with Crippen LogP contribution in [0.2, 0.25) is 0 Å². The summed E-state index contributed by atoms with van der Waals surface area (Å²) in [5.41, 5.74) is 0.588. The molecule has 0 radical (unpaired) electrons. The Balaban J connectivity index is 2.09. The summed E-state index contributed by atoms with van der Waals surface area (Å²) >= 11 is 0. The summed E-state index contributed by atoms with van der Waals surface area (Å²) in [5, 5.41) is 23.1. The highest BCUT2D eigenvalue weighted by Gasteiger charge is 2.32. The summed E-state index contributed by atoms with van der Waals surface area (Å²) in [5.74, 6) is -2.61. The van der Waals surface area contributed by atoms with E-state index < -0.39 is 36.1 Å². The van der Waals surface area contributed by atoms with Crippen LogP contribution in [0.3, 0.4) is 0 Å². The van der Waals surface area contributed by atoms with E-state index >= 15 is 0 Å². The zero-order valence-corrected chi connectivity index (χ0v) is 20.0. The third-order valence-electron chi connectivity index (χ3n) is 6.09. The van der Waals surface area contributed by atoms with Gasteiger partial charge in [0, 0.05) is 30.8 Å². The van der Waals surface area contributed by atoms with Crippen LogP contribution in [0.1, 0.15) is 52.9 Å². The lowest BCUT2D eigenvalue weighted by Crippen LogP contribution is -2.40. The standard InChI is InChI=1S/C26H35NO7/c1-16(20(28)11-8-9-19-14-22(30)27-23(31)15-19)13-17(2)26-18(3)25(33)21(29)10-6-4-5-7-12-24(32)34-26/h6-8,10-13,16,18-19,21,25-26,29,33H,4-5,9,14-15H2,1-3H3,(H,27,30,31). The molecule has 0 spiro atoms. The number of hydrogen-bond donors (Lipinski definition) is 3. The van der Waals surface area contributed by atoms with Crippen LogP contribution in [0, 0.1) is 17.8 Å². The molecular formula is C26H35NO7. The third kappa shape index (κ3) is 8.50. The number of ketones is 1. The fraction of sp³-hybridized carbons (Fsp3) is 0.538. The number of esters is 1. The molecule has 3 N–H and O–H groups in total. The summed E-state index contributed by atoms with van der Waals surface area (Å²) < 4.78 is 5.59. The first-order valence-corrected chi connectivity index (χ1v) is 11.7. The lowest BCUT2D eigenvalue weighted by Gasteiger charge is -2.30. The summed E-state index contributed by atoms with van der Waals surface area (Å²) in [6.07, 6.45) is 10.2. The Hall–Kier alpha value is -2.84. The van der Waals surface area contributed by atoms with Gasteiger partial charge in [0.1, 0.15) is 6.10 Å². The van der Waals surface area contributed by atoms with E-state index in [9.17, 15) is 29.4 Å². The smallest absolute Gasteiger partial charge is 0.331 e. The zero-order valence-electron chi connectivity index (χ0n) is 20.0. The molecule has 0 aliphatic carbocycles. The van der Waals surface area contributed by atoms with Gasteiger partial charge in [-0.25, -0.2) is 4.79 Å². The molecule has 2 amide bonds. The van der Waals surface area contributed by atoms with Crippen LogP contribution in [0.5, 0.6) is 0 Å². The van der Waals surface area contributed by atoms with Gasteiger partial charge in [0.15, 0.2) is 5.78 Å². The van der Waals surface area contributed by atoms with E-state index in [0.29, 0.717) is 24.8 Å². The van der Waals surface area contributed by atoms with Crippen molar-refractivity contribution in [3.63, 3.8) is 0 Å². The van der Waals surface area contributed by atoms with Crippen molar-refractivity contribution in [2.24, 2.45) is 17.8 Å². The number of hydrogen-bond acceptors (Lipinski definition) is 7.